The minimum atomic E-state index is -0.932. The van der Waals surface area contributed by atoms with Gasteiger partial charge in [0.25, 0.3) is 0 Å². The second-order valence-electron chi connectivity index (χ2n) is 11.4. The number of likely N-dealkylation sites (tertiary alicyclic amines) is 1. The van der Waals surface area contributed by atoms with Gasteiger partial charge < -0.3 is 15.5 Å². The van der Waals surface area contributed by atoms with Crippen molar-refractivity contribution >= 4 is 58.4 Å². The molecule has 2 N–H and O–H groups in total. The molecule has 5 rings (SSSR count). The largest absolute Gasteiger partial charge is 0.355 e. The molecule has 0 radical (unpaired) electrons. The van der Waals surface area contributed by atoms with Crippen molar-refractivity contribution < 1.29 is 14.4 Å². The van der Waals surface area contributed by atoms with Gasteiger partial charge in [0.05, 0.1) is 27.2 Å². The van der Waals surface area contributed by atoms with E-state index in [1.54, 1.807) is 32.0 Å². The molecule has 1 aromatic heterocycles. The molecule has 0 atom stereocenters. The molecule has 0 unspecified atom stereocenters. The van der Waals surface area contributed by atoms with E-state index in [4.69, 9.17) is 23.2 Å². The molecule has 3 aromatic rings. The molecule has 2 heterocycles. The maximum Gasteiger partial charge on any atom is 0.237 e. The van der Waals surface area contributed by atoms with Gasteiger partial charge in [-0.3, -0.25) is 14.4 Å². The summed E-state index contributed by atoms with van der Waals surface area (Å²) in [4.78, 5) is 39.0. The normalized spacial score (nSPS) is 14.7. The first-order valence-corrected chi connectivity index (χ1v) is 16.2. The molecule has 13 heteroatoms. The van der Waals surface area contributed by atoms with Crippen molar-refractivity contribution in [3.63, 3.8) is 0 Å². The van der Waals surface area contributed by atoms with Crippen LogP contribution in [-0.4, -0.2) is 68.2 Å². The van der Waals surface area contributed by atoms with E-state index >= 15 is 0 Å². The molecular weight excluding hydrogens is 621 g/mol. The molecule has 0 spiro atoms. The topological polar surface area (TPSA) is 122 Å². The molecule has 0 bridgehead atoms. The monoisotopic (exact) mass is 653 g/mol. The highest BCUT2D eigenvalue weighted by Gasteiger charge is 2.26. The molecule has 2 fully saturated rings. The molecule has 2 aliphatic rings. The summed E-state index contributed by atoms with van der Waals surface area (Å²) in [6.07, 6.45) is 4.57. The number of anilines is 1. The second-order valence-corrected chi connectivity index (χ2v) is 13.1. The predicted molar refractivity (Wildman–Crippen MR) is 171 cm³/mol. The predicted octanol–water partition coefficient (Wildman–Crippen LogP) is 5.08. The zero-order chi connectivity index (χ0) is 31.3. The number of thioether (sulfide) groups is 1. The number of carbonyl (C=O) groups excluding carboxylic acids is 3. The number of amides is 3. The minimum absolute atomic E-state index is 0.0493. The van der Waals surface area contributed by atoms with Crippen molar-refractivity contribution in [3.8, 4) is 17.5 Å². The molecule has 1 aliphatic heterocycles. The highest BCUT2D eigenvalue weighted by Crippen LogP contribution is 2.41. The lowest BCUT2D eigenvalue weighted by Crippen LogP contribution is -2.37. The third-order valence-electron chi connectivity index (χ3n) is 7.41. The number of nitrogens with one attached hydrogen (secondary N) is 2. The van der Waals surface area contributed by atoms with E-state index in [0.717, 1.165) is 13.0 Å². The van der Waals surface area contributed by atoms with Crippen molar-refractivity contribution in [2.24, 2.45) is 5.41 Å². The Balaban J connectivity index is 1.11. The summed E-state index contributed by atoms with van der Waals surface area (Å²) in [5.74, 6) is 6.36. The molecule has 1 aliphatic carbocycles. The standard InChI is InChI=1S/C31H33Cl2N7O3S/c1-31(2,29(43)34-14-4-16-39-15-3-5-28(39)42)13-12-20-6-10-25(23(32)17-20)35-27(41)19-44-30-36-37-38-40(30)26-11-9-22(18-24(26)33)21-7-8-21/h6,9-11,17-18,21H,3-5,7-8,14-16,19H2,1-2H3,(H,34,43)(H,35,41). The van der Waals surface area contributed by atoms with Gasteiger partial charge >= 0.3 is 0 Å². The highest BCUT2D eigenvalue weighted by molar-refractivity contribution is 7.99. The number of tetrazole rings is 1. The van der Waals surface area contributed by atoms with Gasteiger partial charge in [-0.25, -0.2) is 0 Å². The van der Waals surface area contributed by atoms with Crippen molar-refractivity contribution in [1.82, 2.24) is 30.4 Å². The lowest BCUT2D eigenvalue weighted by atomic mass is 9.92. The zero-order valence-electron chi connectivity index (χ0n) is 24.5. The van der Waals surface area contributed by atoms with Crippen molar-refractivity contribution in [3.05, 3.63) is 57.6 Å². The maximum atomic E-state index is 12.7. The smallest absolute Gasteiger partial charge is 0.237 e. The maximum absolute atomic E-state index is 12.7. The van der Waals surface area contributed by atoms with Gasteiger partial charge in [-0.2, -0.15) is 4.68 Å². The fourth-order valence-electron chi connectivity index (χ4n) is 4.71. The summed E-state index contributed by atoms with van der Waals surface area (Å²) >= 11 is 14.1. The van der Waals surface area contributed by atoms with Crippen LogP contribution in [0.2, 0.25) is 10.0 Å². The van der Waals surface area contributed by atoms with E-state index in [1.807, 2.05) is 23.1 Å². The fourth-order valence-corrected chi connectivity index (χ4v) is 5.90. The van der Waals surface area contributed by atoms with Crippen LogP contribution in [0.3, 0.4) is 0 Å². The third-order valence-corrected chi connectivity index (χ3v) is 8.95. The van der Waals surface area contributed by atoms with Crippen LogP contribution in [0.4, 0.5) is 5.69 Å². The average Bonchev–Trinajstić information content (AvgIpc) is 3.61. The van der Waals surface area contributed by atoms with Crippen LogP contribution in [0.5, 0.6) is 0 Å². The van der Waals surface area contributed by atoms with Gasteiger partial charge in [0, 0.05) is 31.6 Å². The Morgan fingerprint density at radius 1 is 1.14 bits per heavy atom. The van der Waals surface area contributed by atoms with Gasteiger partial charge in [0.1, 0.15) is 5.41 Å². The lowest BCUT2D eigenvalue weighted by molar-refractivity contribution is -0.127. The fraction of sp³-hybridized carbons (Fsp3) is 0.419. The summed E-state index contributed by atoms with van der Waals surface area (Å²) in [5, 5.41) is 18.9. The van der Waals surface area contributed by atoms with Gasteiger partial charge in [0.15, 0.2) is 0 Å². The van der Waals surface area contributed by atoms with E-state index in [-0.39, 0.29) is 23.5 Å². The van der Waals surface area contributed by atoms with Gasteiger partial charge in [0.2, 0.25) is 22.9 Å². The van der Waals surface area contributed by atoms with Gasteiger partial charge in [-0.05, 0) is 91.8 Å². The third kappa shape index (κ3) is 8.11. The minimum Gasteiger partial charge on any atom is -0.355 e. The number of aromatic nitrogens is 4. The molecule has 10 nitrogen and oxygen atoms in total. The van der Waals surface area contributed by atoms with Crippen molar-refractivity contribution in [2.75, 3.05) is 30.7 Å². The number of nitrogens with zero attached hydrogens (tertiary/aromatic N) is 5. The number of hydrogen-bond donors (Lipinski definition) is 2. The van der Waals surface area contributed by atoms with E-state index in [0.29, 0.717) is 64.0 Å². The van der Waals surface area contributed by atoms with Crippen LogP contribution in [0.25, 0.3) is 5.69 Å². The Hall–Kier alpha value is -3.59. The molecule has 2 aromatic carbocycles. The van der Waals surface area contributed by atoms with E-state index in [1.165, 1.54) is 34.8 Å². The SMILES string of the molecule is CC(C)(C#Cc1ccc(NC(=O)CSc2nnnn2-c2ccc(C3CC3)cc2Cl)c(Cl)c1)C(=O)NCCCN1CCCC1=O. The number of carbonyl (C=O) groups is 3. The summed E-state index contributed by atoms with van der Waals surface area (Å²) in [6.45, 7) is 5.41. The Bertz CT molecular complexity index is 1630. The van der Waals surface area contributed by atoms with E-state index in [2.05, 4.69) is 38.0 Å². The van der Waals surface area contributed by atoms with Crippen LogP contribution in [0.15, 0.2) is 41.6 Å². The number of hydrogen-bond acceptors (Lipinski definition) is 7. The molecule has 1 saturated heterocycles. The first-order chi connectivity index (χ1) is 21.1. The van der Waals surface area contributed by atoms with Crippen LogP contribution in [0.1, 0.15) is 63.0 Å². The van der Waals surface area contributed by atoms with Crippen molar-refractivity contribution in [2.45, 2.75) is 57.0 Å². The Labute approximate surface area is 270 Å². The number of rotatable bonds is 11. The molecule has 230 valence electrons. The lowest BCUT2D eigenvalue weighted by Gasteiger charge is -2.19. The Morgan fingerprint density at radius 3 is 2.66 bits per heavy atom. The van der Waals surface area contributed by atoms with Crippen LogP contribution in [-0.2, 0) is 14.4 Å². The summed E-state index contributed by atoms with van der Waals surface area (Å²) in [7, 11) is 0. The molecular formula is C31H33Cl2N7O3S. The van der Waals surface area contributed by atoms with E-state index < -0.39 is 5.41 Å². The van der Waals surface area contributed by atoms with Crippen LogP contribution >= 0.6 is 35.0 Å². The van der Waals surface area contributed by atoms with E-state index in [9.17, 15) is 14.4 Å². The summed E-state index contributed by atoms with van der Waals surface area (Å²) in [6, 6.07) is 10.9. The van der Waals surface area contributed by atoms with Crippen LogP contribution < -0.4 is 10.6 Å². The van der Waals surface area contributed by atoms with Crippen molar-refractivity contribution in [1.29, 1.82) is 0 Å². The number of benzene rings is 2. The molecule has 1 saturated carbocycles. The quantitative estimate of drug-likeness (QED) is 0.168. The number of halogens is 2. The Morgan fingerprint density at radius 2 is 1.95 bits per heavy atom. The van der Waals surface area contributed by atoms with Crippen LogP contribution in [0, 0.1) is 17.3 Å². The summed E-state index contributed by atoms with van der Waals surface area (Å²) < 4.78 is 1.52. The Kier molecular flexibility index (Phi) is 10.1. The first kappa shape index (κ1) is 31.8. The second kappa shape index (κ2) is 14.0. The van der Waals surface area contributed by atoms with Gasteiger partial charge in [-0.1, -0.05) is 52.9 Å². The summed E-state index contributed by atoms with van der Waals surface area (Å²) in [5.41, 5.74) is 1.98. The first-order valence-electron chi connectivity index (χ1n) is 14.5. The van der Waals surface area contributed by atoms with Gasteiger partial charge in [-0.15, -0.1) is 5.10 Å². The zero-order valence-corrected chi connectivity index (χ0v) is 26.9. The molecule has 44 heavy (non-hydrogen) atoms. The average molecular weight is 655 g/mol. The highest BCUT2D eigenvalue weighted by atomic mass is 35.5. The molecule has 3 amide bonds.